The Morgan fingerprint density at radius 1 is 1.31 bits per heavy atom. The van der Waals surface area contributed by atoms with Crippen molar-refractivity contribution in [2.75, 3.05) is 11.3 Å². The van der Waals surface area contributed by atoms with E-state index in [1.807, 2.05) is 4.72 Å². The fourth-order valence-electron chi connectivity index (χ4n) is 1.13. The summed E-state index contributed by atoms with van der Waals surface area (Å²) in [6, 6.07) is 2.83. The molecule has 90 valence electrons. The number of nitrogens with one attached hydrogen (secondary N) is 1. The van der Waals surface area contributed by atoms with E-state index in [-0.39, 0.29) is 17.3 Å². The number of benzene rings is 1. The lowest BCUT2D eigenvalue weighted by Gasteiger charge is -2.09. The van der Waals surface area contributed by atoms with Crippen LogP contribution < -0.4 is 9.86 Å². The van der Waals surface area contributed by atoms with E-state index in [0.717, 1.165) is 0 Å². The molecule has 0 saturated heterocycles. The van der Waals surface area contributed by atoms with E-state index in [0.29, 0.717) is 17.0 Å². The SMILES string of the molecule is NS(=O)(=O)Nc1cc(Cl)c(CCO)cc1Cl. The first-order chi connectivity index (χ1) is 7.33. The van der Waals surface area contributed by atoms with Gasteiger partial charge in [0.05, 0.1) is 10.7 Å². The van der Waals surface area contributed by atoms with Gasteiger partial charge in [-0.15, -0.1) is 0 Å². The van der Waals surface area contributed by atoms with Gasteiger partial charge in [-0.05, 0) is 24.1 Å². The highest BCUT2D eigenvalue weighted by Gasteiger charge is 2.10. The first-order valence-electron chi connectivity index (χ1n) is 4.23. The molecule has 0 radical (unpaired) electrons. The number of halogens is 2. The summed E-state index contributed by atoms with van der Waals surface area (Å²) >= 11 is 11.7. The molecule has 4 N–H and O–H groups in total. The van der Waals surface area contributed by atoms with E-state index in [2.05, 4.69) is 0 Å². The van der Waals surface area contributed by atoms with Crippen LogP contribution in [0.2, 0.25) is 10.0 Å². The van der Waals surface area contributed by atoms with Crippen molar-refractivity contribution in [2.24, 2.45) is 5.14 Å². The highest BCUT2D eigenvalue weighted by molar-refractivity contribution is 7.90. The molecule has 16 heavy (non-hydrogen) atoms. The third-order valence-electron chi connectivity index (χ3n) is 1.77. The van der Waals surface area contributed by atoms with Gasteiger partial charge >= 0.3 is 0 Å². The van der Waals surface area contributed by atoms with Gasteiger partial charge in [0.15, 0.2) is 0 Å². The molecule has 5 nitrogen and oxygen atoms in total. The molecule has 0 bridgehead atoms. The molecule has 0 amide bonds. The van der Waals surface area contributed by atoms with Gasteiger partial charge in [0.1, 0.15) is 0 Å². The Bertz CT molecular complexity index is 490. The fraction of sp³-hybridized carbons (Fsp3) is 0.250. The number of rotatable bonds is 4. The zero-order valence-corrected chi connectivity index (χ0v) is 10.4. The standard InChI is InChI=1S/C8H10Cl2N2O3S/c9-6-4-8(12-16(11,14)15)7(10)3-5(6)1-2-13/h3-4,12-13H,1-2H2,(H2,11,14,15). The fourth-order valence-corrected chi connectivity index (χ4v) is 2.15. The highest BCUT2D eigenvalue weighted by Crippen LogP contribution is 2.29. The number of hydrogen-bond acceptors (Lipinski definition) is 3. The second-order valence-electron chi connectivity index (χ2n) is 3.04. The average molecular weight is 285 g/mol. The van der Waals surface area contributed by atoms with Crippen LogP contribution in [-0.4, -0.2) is 20.1 Å². The molecule has 0 aliphatic heterocycles. The number of anilines is 1. The van der Waals surface area contributed by atoms with Crippen LogP contribution in [0.25, 0.3) is 0 Å². The zero-order valence-electron chi connectivity index (χ0n) is 8.07. The zero-order chi connectivity index (χ0) is 12.3. The molecule has 0 fully saturated rings. The summed E-state index contributed by atoms with van der Waals surface area (Å²) < 4.78 is 23.6. The first kappa shape index (κ1) is 13.5. The van der Waals surface area contributed by atoms with E-state index in [1.54, 1.807) is 0 Å². The van der Waals surface area contributed by atoms with Crippen molar-refractivity contribution < 1.29 is 13.5 Å². The van der Waals surface area contributed by atoms with Crippen molar-refractivity contribution in [3.63, 3.8) is 0 Å². The Hall–Kier alpha value is -0.530. The van der Waals surface area contributed by atoms with Crippen LogP contribution >= 0.6 is 23.2 Å². The number of hydrogen-bond donors (Lipinski definition) is 3. The predicted molar refractivity (Wildman–Crippen MR) is 64.0 cm³/mol. The normalized spacial score (nSPS) is 11.5. The second kappa shape index (κ2) is 5.20. The summed E-state index contributed by atoms with van der Waals surface area (Å²) in [6.07, 6.45) is 0.341. The van der Waals surface area contributed by atoms with E-state index in [1.165, 1.54) is 12.1 Å². The molecule has 1 rings (SSSR count). The molecule has 0 heterocycles. The minimum atomic E-state index is -3.88. The second-order valence-corrected chi connectivity index (χ2v) is 5.15. The van der Waals surface area contributed by atoms with E-state index < -0.39 is 10.2 Å². The molecule has 0 atom stereocenters. The van der Waals surface area contributed by atoms with Crippen LogP contribution in [0, 0.1) is 0 Å². The van der Waals surface area contributed by atoms with E-state index in [4.69, 9.17) is 33.4 Å². The van der Waals surface area contributed by atoms with Gasteiger partial charge in [0.25, 0.3) is 10.2 Å². The van der Waals surface area contributed by atoms with Gasteiger partial charge in [0, 0.05) is 11.6 Å². The van der Waals surface area contributed by atoms with Crippen LogP contribution in [0.15, 0.2) is 12.1 Å². The van der Waals surface area contributed by atoms with Gasteiger partial charge in [-0.1, -0.05) is 23.2 Å². The average Bonchev–Trinajstić information content (AvgIpc) is 2.11. The van der Waals surface area contributed by atoms with Crippen LogP contribution in [0.5, 0.6) is 0 Å². The van der Waals surface area contributed by atoms with Gasteiger partial charge in [-0.2, -0.15) is 8.42 Å². The maximum atomic E-state index is 10.8. The lowest BCUT2D eigenvalue weighted by atomic mass is 10.1. The summed E-state index contributed by atoms with van der Waals surface area (Å²) in [6.45, 7) is -0.0714. The Morgan fingerprint density at radius 2 is 1.94 bits per heavy atom. The largest absolute Gasteiger partial charge is 0.396 e. The summed E-state index contributed by atoms with van der Waals surface area (Å²) in [4.78, 5) is 0. The predicted octanol–water partition coefficient (Wildman–Crippen LogP) is 1.14. The third kappa shape index (κ3) is 3.80. The minimum absolute atomic E-state index is 0.0714. The van der Waals surface area contributed by atoms with Crippen molar-refractivity contribution in [3.8, 4) is 0 Å². The smallest absolute Gasteiger partial charge is 0.296 e. The molecule has 8 heteroatoms. The van der Waals surface area contributed by atoms with Crippen molar-refractivity contribution in [2.45, 2.75) is 6.42 Å². The lowest BCUT2D eigenvalue weighted by molar-refractivity contribution is 0.299. The van der Waals surface area contributed by atoms with E-state index >= 15 is 0 Å². The van der Waals surface area contributed by atoms with Crippen LogP contribution in [0.1, 0.15) is 5.56 Å². The third-order valence-corrected chi connectivity index (χ3v) is 2.94. The van der Waals surface area contributed by atoms with Gasteiger partial charge < -0.3 is 5.11 Å². The molecular formula is C8H10Cl2N2O3S. The molecule has 0 aliphatic rings. The first-order valence-corrected chi connectivity index (χ1v) is 6.53. The quantitative estimate of drug-likeness (QED) is 0.774. The monoisotopic (exact) mass is 284 g/mol. The highest BCUT2D eigenvalue weighted by atomic mass is 35.5. The number of aliphatic hydroxyl groups is 1. The van der Waals surface area contributed by atoms with Crippen molar-refractivity contribution >= 4 is 39.1 Å². The Labute approximate surface area is 103 Å². The van der Waals surface area contributed by atoms with Crippen molar-refractivity contribution in [1.82, 2.24) is 0 Å². The Morgan fingerprint density at radius 3 is 2.44 bits per heavy atom. The Kier molecular flexibility index (Phi) is 4.40. The molecule has 0 spiro atoms. The maximum absolute atomic E-state index is 10.8. The summed E-state index contributed by atoms with van der Waals surface area (Å²) in [7, 11) is -3.88. The summed E-state index contributed by atoms with van der Waals surface area (Å²) in [5, 5.41) is 14.0. The number of nitrogens with two attached hydrogens (primary N) is 1. The maximum Gasteiger partial charge on any atom is 0.296 e. The lowest BCUT2D eigenvalue weighted by Crippen LogP contribution is -2.22. The van der Waals surface area contributed by atoms with Crippen molar-refractivity contribution in [1.29, 1.82) is 0 Å². The molecule has 0 saturated carbocycles. The van der Waals surface area contributed by atoms with Gasteiger partial charge in [-0.25, -0.2) is 5.14 Å². The molecular weight excluding hydrogens is 275 g/mol. The molecule has 1 aromatic rings. The molecule has 0 aromatic heterocycles. The number of aliphatic hydroxyl groups excluding tert-OH is 1. The summed E-state index contributed by atoms with van der Waals surface area (Å²) in [5.41, 5.74) is 0.741. The molecule has 0 aliphatic carbocycles. The van der Waals surface area contributed by atoms with Gasteiger partial charge in [-0.3, -0.25) is 4.72 Å². The molecule has 0 unspecified atom stereocenters. The van der Waals surface area contributed by atoms with Crippen LogP contribution in [-0.2, 0) is 16.6 Å². The Balaban J connectivity index is 3.10. The topological polar surface area (TPSA) is 92.4 Å². The van der Waals surface area contributed by atoms with Crippen LogP contribution in [0.3, 0.4) is 0 Å². The molecule has 1 aromatic carbocycles. The van der Waals surface area contributed by atoms with E-state index in [9.17, 15) is 8.42 Å². The van der Waals surface area contributed by atoms with Crippen molar-refractivity contribution in [3.05, 3.63) is 27.7 Å². The van der Waals surface area contributed by atoms with Gasteiger partial charge in [0.2, 0.25) is 0 Å². The minimum Gasteiger partial charge on any atom is -0.396 e. The van der Waals surface area contributed by atoms with Crippen LogP contribution in [0.4, 0.5) is 5.69 Å². The summed E-state index contributed by atoms with van der Waals surface area (Å²) in [5.74, 6) is 0.